The lowest BCUT2D eigenvalue weighted by molar-refractivity contribution is 1.01. The molecule has 0 amide bonds. The first-order valence-electron chi connectivity index (χ1n) is 13.3. The molecule has 8 aromatic rings. The van der Waals surface area contributed by atoms with Crippen molar-refractivity contribution in [2.75, 3.05) is 0 Å². The molecule has 3 aromatic heterocycles. The van der Waals surface area contributed by atoms with Crippen LogP contribution in [-0.2, 0) is 0 Å². The molecule has 39 heavy (non-hydrogen) atoms. The number of hydrogen-bond donors (Lipinski definition) is 0. The summed E-state index contributed by atoms with van der Waals surface area (Å²) in [6.07, 6.45) is 0. The van der Waals surface area contributed by atoms with Gasteiger partial charge >= 0.3 is 0 Å². The van der Waals surface area contributed by atoms with Crippen LogP contribution in [0.5, 0.6) is 0 Å². The second-order valence-electron chi connectivity index (χ2n) is 10.5. The normalized spacial score (nSPS) is 12.0. The Morgan fingerprint density at radius 1 is 0.590 bits per heavy atom. The van der Waals surface area contributed by atoms with E-state index in [2.05, 4.69) is 122 Å². The van der Waals surface area contributed by atoms with E-state index in [-0.39, 0.29) is 0 Å². The molecule has 4 heteroatoms. The van der Waals surface area contributed by atoms with E-state index in [1.807, 2.05) is 11.3 Å². The number of aromatic nitrogens is 3. The summed E-state index contributed by atoms with van der Waals surface area (Å²) in [5, 5.41) is 6.12. The minimum atomic E-state index is 0.698. The van der Waals surface area contributed by atoms with Crippen LogP contribution in [0.2, 0.25) is 0 Å². The van der Waals surface area contributed by atoms with E-state index in [0.717, 1.165) is 33.2 Å². The van der Waals surface area contributed by atoms with E-state index < -0.39 is 0 Å². The molecule has 3 heterocycles. The monoisotopic (exact) mass is 519 g/mol. The van der Waals surface area contributed by atoms with E-state index in [1.165, 1.54) is 47.6 Å². The van der Waals surface area contributed by atoms with Crippen molar-refractivity contribution in [3.63, 3.8) is 0 Å². The zero-order valence-electron chi connectivity index (χ0n) is 22.0. The number of thiophene rings is 1. The summed E-state index contributed by atoms with van der Waals surface area (Å²) >= 11 is 1.88. The summed E-state index contributed by atoms with van der Waals surface area (Å²) in [5.41, 5.74) is 9.04. The van der Waals surface area contributed by atoms with Crippen LogP contribution in [0, 0.1) is 20.8 Å². The van der Waals surface area contributed by atoms with Crippen molar-refractivity contribution in [2.24, 2.45) is 0 Å². The summed E-state index contributed by atoms with van der Waals surface area (Å²) in [6.45, 7) is 6.49. The van der Waals surface area contributed by atoms with Gasteiger partial charge in [0, 0.05) is 41.9 Å². The fourth-order valence-corrected chi connectivity index (χ4v) is 7.15. The highest BCUT2D eigenvalue weighted by molar-refractivity contribution is 7.26. The van der Waals surface area contributed by atoms with Crippen molar-refractivity contribution < 1.29 is 0 Å². The molecule has 8 rings (SSSR count). The molecule has 0 aliphatic heterocycles. The Labute approximate surface area is 230 Å². The molecule has 0 unspecified atom stereocenters. The number of para-hydroxylation sites is 1. The molecule has 0 spiro atoms. The number of rotatable bonds is 2. The number of benzene rings is 5. The molecule has 0 bridgehead atoms. The molecule has 0 fully saturated rings. The van der Waals surface area contributed by atoms with Crippen molar-refractivity contribution in [1.29, 1.82) is 0 Å². The van der Waals surface area contributed by atoms with Gasteiger partial charge in [0.05, 0.1) is 22.2 Å². The Morgan fingerprint density at radius 2 is 1.38 bits per heavy atom. The first kappa shape index (κ1) is 22.4. The maximum absolute atomic E-state index is 5.28. The van der Waals surface area contributed by atoms with Gasteiger partial charge in [-0.1, -0.05) is 71.8 Å². The SMILES string of the molecule is Cc1cccc(-c2nc(-n3c4ccc(C)cc4c4cc5sc6c(C)cccc6c5cc43)nc3ccccc23)c1. The first-order valence-corrected chi connectivity index (χ1v) is 14.1. The summed E-state index contributed by atoms with van der Waals surface area (Å²) in [5.74, 6) is 0.698. The molecule has 0 saturated carbocycles. The van der Waals surface area contributed by atoms with Crippen LogP contribution in [-0.4, -0.2) is 14.5 Å². The predicted molar refractivity (Wildman–Crippen MR) is 166 cm³/mol. The molecule has 0 N–H and O–H groups in total. The third kappa shape index (κ3) is 3.35. The van der Waals surface area contributed by atoms with Gasteiger partial charge in [-0.05, 0) is 62.7 Å². The molecular formula is C35H25N3S. The fourth-order valence-electron chi connectivity index (χ4n) is 5.96. The smallest absolute Gasteiger partial charge is 0.235 e. The van der Waals surface area contributed by atoms with E-state index in [4.69, 9.17) is 9.97 Å². The van der Waals surface area contributed by atoms with Crippen LogP contribution >= 0.6 is 11.3 Å². The minimum absolute atomic E-state index is 0.698. The Bertz CT molecular complexity index is 2270. The topological polar surface area (TPSA) is 30.7 Å². The minimum Gasteiger partial charge on any atom is -0.278 e. The van der Waals surface area contributed by atoms with Gasteiger partial charge in [-0.2, -0.15) is 0 Å². The van der Waals surface area contributed by atoms with Crippen molar-refractivity contribution >= 4 is 64.2 Å². The lowest BCUT2D eigenvalue weighted by atomic mass is 10.0. The van der Waals surface area contributed by atoms with Crippen LogP contribution < -0.4 is 0 Å². The number of fused-ring (bicyclic) bond motifs is 7. The molecule has 0 atom stereocenters. The van der Waals surface area contributed by atoms with Crippen LogP contribution in [0.15, 0.2) is 97.1 Å². The van der Waals surface area contributed by atoms with Gasteiger partial charge in [0.25, 0.3) is 0 Å². The van der Waals surface area contributed by atoms with Gasteiger partial charge in [-0.3, -0.25) is 4.57 Å². The summed E-state index contributed by atoms with van der Waals surface area (Å²) in [4.78, 5) is 10.4. The molecular weight excluding hydrogens is 494 g/mol. The molecule has 186 valence electrons. The van der Waals surface area contributed by atoms with Gasteiger partial charge in [-0.25, -0.2) is 9.97 Å². The Morgan fingerprint density at radius 3 is 2.28 bits per heavy atom. The van der Waals surface area contributed by atoms with E-state index in [9.17, 15) is 0 Å². The third-order valence-electron chi connectivity index (χ3n) is 7.82. The maximum Gasteiger partial charge on any atom is 0.235 e. The van der Waals surface area contributed by atoms with Crippen molar-refractivity contribution in [2.45, 2.75) is 20.8 Å². The summed E-state index contributed by atoms with van der Waals surface area (Å²) in [7, 11) is 0. The van der Waals surface area contributed by atoms with E-state index in [1.54, 1.807) is 0 Å². The Hall–Kier alpha value is -4.54. The van der Waals surface area contributed by atoms with Gasteiger partial charge in [0.1, 0.15) is 0 Å². The molecule has 0 saturated heterocycles. The summed E-state index contributed by atoms with van der Waals surface area (Å²) in [6, 6.07) is 34.9. The summed E-state index contributed by atoms with van der Waals surface area (Å²) < 4.78 is 4.93. The lowest BCUT2D eigenvalue weighted by Crippen LogP contribution is -2.03. The average molecular weight is 520 g/mol. The standard InChI is InChI=1S/C35H25N3S/c1-20-8-6-10-23(16-20)33-25-11-4-5-13-29(25)36-35(37-33)38-30-15-14-21(2)17-26(30)27-19-32-28(18-31(27)38)24-12-7-9-22(3)34(24)39-32/h4-19H,1-3H3. The maximum atomic E-state index is 5.28. The van der Waals surface area contributed by atoms with Crippen molar-refractivity contribution in [1.82, 2.24) is 14.5 Å². The predicted octanol–water partition coefficient (Wildman–Crippen LogP) is 9.69. The van der Waals surface area contributed by atoms with E-state index >= 15 is 0 Å². The van der Waals surface area contributed by atoms with Gasteiger partial charge < -0.3 is 0 Å². The number of nitrogens with zero attached hydrogens (tertiary/aromatic N) is 3. The molecule has 0 aliphatic rings. The molecule has 3 nitrogen and oxygen atoms in total. The van der Waals surface area contributed by atoms with Gasteiger partial charge in [0.2, 0.25) is 5.95 Å². The highest BCUT2D eigenvalue weighted by atomic mass is 32.1. The van der Waals surface area contributed by atoms with Crippen molar-refractivity contribution in [3.8, 4) is 17.2 Å². The first-order chi connectivity index (χ1) is 19.0. The van der Waals surface area contributed by atoms with Gasteiger partial charge in [0.15, 0.2) is 0 Å². The Balaban J connectivity index is 1.52. The van der Waals surface area contributed by atoms with Crippen LogP contribution in [0.4, 0.5) is 0 Å². The Kier molecular flexibility index (Phi) is 4.73. The zero-order valence-corrected chi connectivity index (χ0v) is 22.8. The molecule has 0 aliphatic carbocycles. The van der Waals surface area contributed by atoms with Gasteiger partial charge in [-0.15, -0.1) is 11.3 Å². The van der Waals surface area contributed by atoms with Crippen LogP contribution in [0.25, 0.3) is 70.1 Å². The fraction of sp³-hybridized carbons (Fsp3) is 0.0857. The highest BCUT2D eigenvalue weighted by Crippen LogP contribution is 2.41. The van der Waals surface area contributed by atoms with E-state index in [0.29, 0.717) is 5.95 Å². The van der Waals surface area contributed by atoms with Crippen molar-refractivity contribution in [3.05, 3.63) is 114 Å². The second-order valence-corrected chi connectivity index (χ2v) is 11.6. The largest absolute Gasteiger partial charge is 0.278 e. The third-order valence-corrected chi connectivity index (χ3v) is 9.12. The van der Waals surface area contributed by atoms with Crippen LogP contribution in [0.1, 0.15) is 16.7 Å². The lowest BCUT2D eigenvalue weighted by Gasteiger charge is -2.12. The zero-order chi connectivity index (χ0) is 26.2. The quantitative estimate of drug-likeness (QED) is 0.228. The number of hydrogen-bond acceptors (Lipinski definition) is 3. The molecule has 0 radical (unpaired) electrons. The highest BCUT2D eigenvalue weighted by Gasteiger charge is 2.19. The molecule has 5 aromatic carbocycles. The second kappa shape index (κ2) is 8.23. The number of aryl methyl sites for hydroxylation is 3. The average Bonchev–Trinajstić information content (AvgIpc) is 3.47. The van der Waals surface area contributed by atoms with Crippen LogP contribution in [0.3, 0.4) is 0 Å².